The van der Waals surface area contributed by atoms with Crippen LogP contribution in [-0.4, -0.2) is 53.0 Å². The van der Waals surface area contributed by atoms with Gasteiger partial charge in [0.15, 0.2) is 5.82 Å². The molecular formula is C19H22N6O. The first-order valence-electron chi connectivity index (χ1n) is 8.73. The Morgan fingerprint density at radius 3 is 2.46 bits per heavy atom. The fourth-order valence-electron chi connectivity index (χ4n) is 3.20. The van der Waals surface area contributed by atoms with Gasteiger partial charge in [-0.3, -0.25) is 0 Å². The van der Waals surface area contributed by atoms with Gasteiger partial charge < -0.3 is 14.5 Å². The number of piperazine rings is 1. The second kappa shape index (κ2) is 7.03. The lowest BCUT2D eigenvalue weighted by Crippen LogP contribution is -2.47. The number of para-hydroxylation sites is 2. The first-order valence-corrected chi connectivity index (χ1v) is 8.73. The highest BCUT2D eigenvalue weighted by molar-refractivity contribution is 5.59. The van der Waals surface area contributed by atoms with E-state index in [0.29, 0.717) is 0 Å². The molecule has 0 bridgehead atoms. The van der Waals surface area contributed by atoms with Crippen molar-refractivity contribution in [2.75, 3.05) is 43.1 Å². The van der Waals surface area contributed by atoms with Crippen LogP contribution in [0.4, 0.5) is 11.6 Å². The smallest absolute Gasteiger partial charge is 0.227 e. The van der Waals surface area contributed by atoms with E-state index in [2.05, 4.69) is 30.9 Å². The number of methoxy groups -OCH3 is 1. The maximum absolute atomic E-state index is 5.49. The molecule has 1 aromatic carbocycles. The number of ether oxygens (including phenoxy) is 1. The molecule has 2 aromatic heterocycles. The predicted molar refractivity (Wildman–Crippen MR) is 101 cm³/mol. The van der Waals surface area contributed by atoms with E-state index < -0.39 is 0 Å². The third-order valence-corrected chi connectivity index (χ3v) is 4.57. The Hall–Kier alpha value is -3.09. The molecule has 134 valence electrons. The van der Waals surface area contributed by atoms with Crippen LogP contribution in [0, 0.1) is 6.92 Å². The van der Waals surface area contributed by atoms with Crippen molar-refractivity contribution < 1.29 is 4.74 Å². The van der Waals surface area contributed by atoms with Crippen LogP contribution in [0.5, 0.6) is 5.75 Å². The van der Waals surface area contributed by atoms with Crippen molar-refractivity contribution in [2.45, 2.75) is 6.92 Å². The van der Waals surface area contributed by atoms with Gasteiger partial charge in [0.25, 0.3) is 0 Å². The molecule has 1 aliphatic heterocycles. The Bertz CT molecular complexity index is 885. The number of hydrogen-bond donors (Lipinski definition) is 0. The number of anilines is 2. The lowest BCUT2D eigenvalue weighted by Gasteiger charge is -2.36. The summed E-state index contributed by atoms with van der Waals surface area (Å²) < 4.78 is 7.27. The number of aryl methyl sites for hydroxylation is 1. The van der Waals surface area contributed by atoms with E-state index in [-0.39, 0.29) is 0 Å². The molecule has 0 atom stereocenters. The van der Waals surface area contributed by atoms with Crippen molar-refractivity contribution in [3.8, 4) is 11.6 Å². The quantitative estimate of drug-likeness (QED) is 0.720. The van der Waals surface area contributed by atoms with Crippen LogP contribution >= 0.6 is 0 Å². The van der Waals surface area contributed by atoms with Crippen LogP contribution in [0.3, 0.4) is 0 Å². The average molecular weight is 350 g/mol. The summed E-state index contributed by atoms with van der Waals surface area (Å²) in [5.41, 5.74) is 2.10. The van der Waals surface area contributed by atoms with Crippen molar-refractivity contribution in [3.63, 3.8) is 0 Å². The van der Waals surface area contributed by atoms with Gasteiger partial charge in [-0.25, -0.2) is 9.67 Å². The Labute approximate surface area is 152 Å². The molecule has 4 rings (SSSR count). The highest BCUT2D eigenvalue weighted by Gasteiger charge is 2.21. The summed E-state index contributed by atoms with van der Waals surface area (Å²) in [5.74, 6) is 2.44. The standard InChI is InChI=1S/C19H22N6O/c1-15-8-10-25(22-15)18-7-9-20-19(21-18)24-13-11-23(12-14-24)16-5-3-4-6-17(16)26-2/h3-10H,11-14H2,1-2H3. The minimum Gasteiger partial charge on any atom is -0.495 e. The van der Waals surface area contributed by atoms with Crippen LogP contribution in [0.2, 0.25) is 0 Å². The number of aromatic nitrogens is 4. The summed E-state index contributed by atoms with van der Waals surface area (Å²) in [7, 11) is 1.71. The zero-order chi connectivity index (χ0) is 17.9. The van der Waals surface area contributed by atoms with Crippen LogP contribution < -0.4 is 14.5 Å². The van der Waals surface area contributed by atoms with Crippen LogP contribution in [0.15, 0.2) is 48.8 Å². The van der Waals surface area contributed by atoms with E-state index in [1.54, 1.807) is 18.0 Å². The number of benzene rings is 1. The highest BCUT2D eigenvalue weighted by Crippen LogP contribution is 2.28. The molecule has 0 unspecified atom stereocenters. The molecule has 3 heterocycles. The third kappa shape index (κ3) is 3.20. The fourth-order valence-corrected chi connectivity index (χ4v) is 3.20. The molecule has 26 heavy (non-hydrogen) atoms. The first kappa shape index (κ1) is 16.4. The van der Waals surface area contributed by atoms with Crippen LogP contribution in [0.1, 0.15) is 5.69 Å². The molecule has 0 amide bonds. The van der Waals surface area contributed by atoms with Gasteiger partial charge in [0.2, 0.25) is 5.95 Å². The van der Waals surface area contributed by atoms with Crippen LogP contribution in [0.25, 0.3) is 5.82 Å². The van der Waals surface area contributed by atoms with Crippen LogP contribution in [-0.2, 0) is 0 Å². The Kier molecular flexibility index (Phi) is 4.43. The summed E-state index contributed by atoms with van der Waals surface area (Å²) in [6, 6.07) is 12.0. The lowest BCUT2D eigenvalue weighted by atomic mass is 10.2. The van der Waals surface area contributed by atoms with Gasteiger partial charge in [-0.1, -0.05) is 12.1 Å². The van der Waals surface area contributed by atoms with Gasteiger partial charge in [-0.05, 0) is 25.1 Å². The van der Waals surface area contributed by atoms with Crippen molar-refractivity contribution in [1.82, 2.24) is 19.7 Å². The molecule has 0 aliphatic carbocycles. The van der Waals surface area contributed by atoms with Gasteiger partial charge >= 0.3 is 0 Å². The highest BCUT2D eigenvalue weighted by atomic mass is 16.5. The fraction of sp³-hybridized carbons (Fsp3) is 0.316. The zero-order valence-corrected chi connectivity index (χ0v) is 15.0. The van der Waals surface area contributed by atoms with Crippen molar-refractivity contribution >= 4 is 11.6 Å². The predicted octanol–water partition coefficient (Wildman–Crippen LogP) is 2.31. The lowest BCUT2D eigenvalue weighted by molar-refractivity contribution is 0.413. The first-order chi connectivity index (χ1) is 12.7. The maximum Gasteiger partial charge on any atom is 0.227 e. The summed E-state index contributed by atoms with van der Waals surface area (Å²) in [6.45, 7) is 5.48. The Morgan fingerprint density at radius 1 is 0.962 bits per heavy atom. The van der Waals surface area contributed by atoms with E-state index >= 15 is 0 Å². The molecule has 1 aliphatic rings. The van der Waals surface area contributed by atoms with E-state index in [9.17, 15) is 0 Å². The second-order valence-corrected chi connectivity index (χ2v) is 6.26. The Balaban J connectivity index is 1.48. The summed E-state index contributed by atoms with van der Waals surface area (Å²) in [4.78, 5) is 13.7. The summed E-state index contributed by atoms with van der Waals surface area (Å²) >= 11 is 0. The minimum absolute atomic E-state index is 0.746. The number of rotatable bonds is 4. The average Bonchev–Trinajstić information content (AvgIpc) is 3.14. The minimum atomic E-state index is 0.746. The van der Waals surface area contributed by atoms with Gasteiger partial charge in [0.1, 0.15) is 5.75 Å². The Morgan fingerprint density at radius 2 is 1.73 bits per heavy atom. The van der Waals surface area contributed by atoms with Crippen molar-refractivity contribution in [2.24, 2.45) is 0 Å². The molecule has 0 saturated carbocycles. The SMILES string of the molecule is COc1ccccc1N1CCN(c2nccc(-n3ccc(C)n3)n2)CC1. The molecule has 7 heteroatoms. The molecule has 1 saturated heterocycles. The summed E-state index contributed by atoms with van der Waals surface area (Å²) in [6.07, 6.45) is 3.71. The maximum atomic E-state index is 5.49. The molecular weight excluding hydrogens is 328 g/mol. The molecule has 1 fully saturated rings. The number of hydrogen-bond acceptors (Lipinski definition) is 6. The molecule has 0 radical (unpaired) electrons. The monoisotopic (exact) mass is 350 g/mol. The number of nitrogens with zero attached hydrogens (tertiary/aromatic N) is 6. The van der Waals surface area contributed by atoms with Crippen molar-refractivity contribution in [3.05, 3.63) is 54.5 Å². The largest absolute Gasteiger partial charge is 0.495 e. The van der Waals surface area contributed by atoms with Gasteiger partial charge in [0.05, 0.1) is 18.5 Å². The zero-order valence-electron chi connectivity index (χ0n) is 15.0. The normalized spacial score (nSPS) is 14.5. The van der Waals surface area contributed by atoms with Gasteiger partial charge in [-0.15, -0.1) is 0 Å². The second-order valence-electron chi connectivity index (χ2n) is 6.26. The molecule has 3 aromatic rings. The van der Waals surface area contributed by atoms with Gasteiger partial charge in [-0.2, -0.15) is 10.1 Å². The van der Waals surface area contributed by atoms with E-state index in [0.717, 1.165) is 55.1 Å². The third-order valence-electron chi connectivity index (χ3n) is 4.57. The van der Waals surface area contributed by atoms with E-state index in [4.69, 9.17) is 4.74 Å². The summed E-state index contributed by atoms with van der Waals surface area (Å²) in [5, 5.41) is 4.42. The molecule has 7 nitrogen and oxygen atoms in total. The molecule has 0 N–H and O–H groups in total. The van der Waals surface area contributed by atoms with Gasteiger partial charge in [0, 0.05) is 44.6 Å². The van der Waals surface area contributed by atoms with Crippen molar-refractivity contribution in [1.29, 1.82) is 0 Å². The van der Waals surface area contributed by atoms with E-state index in [1.165, 1.54) is 0 Å². The molecule has 0 spiro atoms. The van der Waals surface area contributed by atoms with E-state index in [1.807, 2.05) is 43.5 Å². The topological polar surface area (TPSA) is 59.3 Å².